The first-order valence-electron chi connectivity index (χ1n) is 16.2. The van der Waals surface area contributed by atoms with Crippen LogP contribution in [0.4, 0.5) is 11.4 Å². The number of amides is 3. The van der Waals surface area contributed by atoms with Crippen LogP contribution in [0.3, 0.4) is 0 Å². The summed E-state index contributed by atoms with van der Waals surface area (Å²) in [5, 5.41) is 2.89. The quantitative estimate of drug-likeness (QED) is 0.213. The van der Waals surface area contributed by atoms with E-state index in [-0.39, 0.29) is 17.7 Å². The Hall–Kier alpha value is -4.41. The molecule has 0 unspecified atom stereocenters. The van der Waals surface area contributed by atoms with E-state index in [0.717, 1.165) is 58.3 Å². The number of nitrogens with two attached hydrogens (primary N) is 1. The van der Waals surface area contributed by atoms with Gasteiger partial charge in [0.15, 0.2) is 0 Å². The van der Waals surface area contributed by atoms with Crippen LogP contribution < -0.4 is 25.4 Å². The molecule has 0 saturated carbocycles. The van der Waals surface area contributed by atoms with Crippen LogP contribution >= 0.6 is 0 Å². The second kappa shape index (κ2) is 17.9. The molecule has 10 heteroatoms. The summed E-state index contributed by atoms with van der Waals surface area (Å²) in [6, 6.07) is 21.3. The summed E-state index contributed by atoms with van der Waals surface area (Å²) < 4.78 is 11.8. The van der Waals surface area contributed by atoms with Gasteiger partial charge in [-0.15, -0.1) is 0 Å². The number of hydrogen-bond acceptors (Lipinski definition) is 7. The number of carbonyl (C=O) groups is 3. The number of likely N-dealkylation sites (N-methyl/N-ethyl adjacent to an activating group) is 1. The summed E-state index contributed by atoms with van der Waals surface area (Å²) in [5.74, 6) is 0.900. The number of para-hydroxylation sites is 3. The molecule has 1 fully saturated rings. The number of nitrogens with zero attached hydrogens (tertiary/aromatic N) is 3. The molecule has 3 amide bonds. The second-order valence-corrected chi connectivity index (χ2v) is 11.5. The first-order chi connectivity index (χ1) is 22.4. The number of rotatable bonds is 16. The minimum Gasteiger partial charge on any atom is -0.494 e. The fraction of sp³-hybridized carbons (Fsp3) is 0.417. The van der Waals surface area contributed by atoms with Crippen molar-refractivity contribution < 1.29 is 23.9 Å². The van der Waals surface area contributed by atoms with Gasteiger partial charge in [-0.25, -0.2) is 0 Å². The highest BCUT2D eigenvalue weighted by Crippen LogP contribution is 2.30. The number of benzene rings is 3. The van der Waals surface area contributed by atoms with Gasteiger partial charge in [0, 0.05) is 45.2 Å². The van der Waals surface area contributed by atoms with Crippen LogP contribution in [0.2, 0.25) is 0 Å². The highest BCUT2D eigenvalue weighted by molar-refractivity contribution is 6.13. The number of unbranched alkanes of at least 4 members (excludes halogenated alkanes) is 3. The molecule has 1 saturated heterocycles. The lowest BCUT2D eigenvalue weighted by atomic mass is 10.1. The van der Waals surface area contributed by atoms with Crippen LogP contribution in [0, 0.1) is 0 Å². The van der Waals surface area contributed by atoms with E-state index in [1.165, 1.54) is 4.90 Å². The van der Waals surface area contributed by atoms with Crippen molar-refractivity contribution in [1.82, 2.24) is 9.80 Å². The van der Waals surface area contributed by atoms with E-state index in [1.54, 1.807) is 55.6 Å². The zero-order chi connectivity index (χ0) is 32.7. The molecule has 0 radical (unpaired) electrons. The van der Waals surface area contributed by atoms with Crippen LogP contribution in [0.25, 0.3) is 0 Å². The summed E-state index contributed by atoms with van der Waals surface area (Å²) >= 11 is 0. The average Bonchev–Trinajstić information content (AvgIpc) is 3.08. The maximum Gasteiger partial charge on any atom is 0.260 e. The Balaban J connectivity index is 1.29. The molecule has 1 aliphatic heterocycles. The standard InChI is InChI=1S/C36H47N5O5/c1-39-22-24-41(25-23-39)34(42)16-4-3-10-27-46-33-15-8-7-14-32(33)40(2)36(44)30-12-5-6-13-31(30)38-35(43)28-17-19-29(20-18-28)45-26-11-9-21-37/h5-8,12-15,17-20H,3-4,9-11,16,21-27,37H2,1-2H3,(H,38,43). The molecule has 0 aliphatic carbocycles. The van der Waals surface area contributed by atoms with E-state index >= 15 is 0 Å². The Morgan fingerprint density at radius 3 is 2.24 bits per heavy atom. The molecule has 1 aliphatic rings. The van der Waals surface area contributed by atoms with Crippen molar-refractivity contribution in [3.63, 3.8) is 0 Å². The first-order valence-corrected chi connectivity index (χ1v) is 16.2. The largest absolute Gasteiger partial charge is 0.494 e. The number of nitrogens with one attached hydrogen (secondary N) is 1. The Labute approximate surface area is 272 Å². The van der Waals surface area contributed by atoms with Gasteiger partial charge in [0.05, 0.1) is 30.2 Å². The van der Waals surface area contributed by atoms with Gasteiger partial charge in [0.2, 0.25) is 5.91 Å². The van der Waals surface area contributed by atoms with Crippen molar-refractivity contribution in [3.05, 3.63) is 83.9 Å². The zero-order valence-electron chi connectivity index (χ0n) is 27.1. The normalized spacial score (nSPS) is 13.2. The van der Waals surface area contributed by atoms with Crippen molar-refractivity contribution in [2.45, 2.75) is 38.5 Å². The van der Waals surface area contributed by atoms with Gasteiger partial charge >= 0.3 is 0 Å². The first kappa shape index (κ1) is 34.5. The van der Waals surface area contributed by atoms with E-state index in [4.69, 9.17) is 15.2 Å². The van der Waals surface area contributed by atoms with Crippen LogP contribution in [0.15, 0.2) is 72.8 Å². The van der Waals surface area contributed by atoms with Crippen molar-refractivity contribution in [1.29, 1.82) is 0 Å². The van der Waals surface area contributed by atoms with Gasteiger partial charge < -0.3 is 35.2 Å². The summed E-state index contributed by atoms with van der Waals surface area (Å²) in [7, 11) is 3.77. The molecule has 4 rings (SSSR count). The Morgan fingerprint density at radius 2 is 1.48 bits per heavy atom. The smallest absolute Gasteiger partial charge is 0.260 e. The fourth-order valence-electron chi connectivity index (χ4n) is 5.21. The molecule has 1 heterocycles. The van der Waals surface area contributed by atoms with E-state index in [2.05, 4.69) is 17.3 Å². The molecule has 10 nitrogen and oxygen atoms in total. The summed E-state index contributed by atoms with van der Waals surface area (Å²) in [4.78, 5) is 45.0. The highest BCUT2D eigenvalue weighted by Gasteiger charge is 2.21. The van der Waals surface area contributed by atoms with Gasteiger partial charge in [-0.3, -0.25) is 14.4 Å². The van der Waals surface area contributed by atoms with E-state index in [1.807, 2.05) is 29.2 Å². The molecule has 3 aromatic rings. The molecule has 246 valence electrons. The topological polar surface area (TPSA) is 117 Å². The minimum absolute atomic E-state index is 0.230. The van der Waals surface area contributed by atoms with Crippen molar-refractivity contribution in [3.8, 4) is 11.5 Å². The van der Waals surface area contributed by atoms with Crippen molar-refractivity contribution >= 4 is 29.1 Å². The van der Waals surface area contributed by atoms with Gasteiger partial charge in [0.25, 0.3) is 11.8 Å². The number of carbonyl (C=O) groups excluding carboxylic acids is 3. The molecule has 3 N–H and O–H groups in total. The van der Waals surface area contributed by atoms with Gasteiger partial charge in [-0.1, -0.05) is 24.3 Å². The lowest BCUT2D eigenvalue weighted by Crippen LogP contribution is -2.47. The number of piperazine rings is 1. The minimum atomic E-state index is -0.327. The van der Waals surface area contributed by atoms with E-state index < -0.39 is 0 Å². The summed E-state index contributed by atoms with van der Waals surface area (Å²) in [5.41, 5.74) is 7.37. The van der Waals surface area contributed by atoms with E-state index in [0.29, 0.717) is 60.2 Å². The monoisotopic (exact) mass is 629 g/mol. The Kier molecular flexibility index (Phi) is 13.4. The lowest BCUT2D eigenvalue weighted by molar-refractivity contribution is -0.132. The van der Waals surface area contributed by atoms with Crippen LogP contribution in [0.5, 0.6) is 11.5 Å². The van der Waals surface area contributed by atoms with Crippen molar-refractivity contribution in [2.75, 3.05) is 70.2 Å². The maximum absolute atomic E-state index is 13.7. The average molecular weight is 630 g/mol. The third-order valence-corrected chi connectivity index (χ3v) is 8.07. The molecule has 3 aromatic carbocycles. The van der Waals surface area contributed by atoms with E-state index in [9.17, 15) is 14.4 Å². The predicted octanol–water partition coefficient (Wildman–Crippen LogP) is 5.05. The summed E-state index contributed by atoms with van der Waals surface area (Å²) in [6.07, 6.45) is 4.84. The SMILES string of the molecule is CN1CCN(C(=O)CCCCCOc2ccccc2N(C)C(=O)c2ccccc2NC(=O)c2ccc(OCCCCN)cc2)CC1. The van der Waals surface area contributed by atoms with Gasteiger partial charge in [0.1, 0.15) is 11.5 Å². The molecule has 0 atom stereocenters. The number of ether oxygens (including phenoxy) is 2. The second-order valence-electron chi connectivity index (χ2n) is 11.5. The predicted molar refractivity (Wildman–Crippen MR) is 182 cm³/mol. The molecular weight excluding hydrogens is 582 g/mol. The zero-order valence-corrected chi connectivity index (χ0v) is 27.1. The summed E-state index contributed by atoms with van der Waals surface area (Å²) in [6.45, 7) is 5.14. The third-order valence-electron chi connectivity index (χ3n) is 8.07. The third kappa shape index (κ3) is 10.1. The van der Waals surface area contributed by atoms with Crippen molar-refractivity contribution in [2.24, 2.45) is 5.73 Å². The molecule has 0 bridgehead atoms. The Morgan fingerprint density at radius 1 is 0.804 bits per heavy atom. The fourth-order valence-corrected chi connectivity index (χ4v) is 5.21. The van der Waals surface area contributed by atoms with Gasteiger partial charge in [-0.2, -0.15) is 0 Å². The molecule has 0 aromatic heterocycles. The lowest BCUT2D eigenvalue weighted by Gasteiger charge is -2.32. The molecular formula is C36H47N5O5. The van der Waals surface area contributed by atoms with Crippen LogP contribution in [-0.2, 0) is 4.79 Å². The Bertz CT molecular complexity index is 1420. The maximum atomic E-state index is 13.7. The van der Waals surface area contributed by atoms with Crippen LogP contribution in [0.1, 0.15) is 59.2 Å². The van der Waals surface area contributed by atoms with Crippen LogP contribution in [-0.4, -0.2) is 87.6 Å². The molecule has 0 spiro atoms. The molecule has 46 heavy (non-hydrogen) atoms. The van der Waals surface area contributed by atoms with Gasteiger partial charge in [-0.05, 0) is 94.2 Å². The highest BCUT2D eigenvalue weighted by atomic mass is 16.5. The number of anilines is 2. The number of hydrogen-bond donors (Lipinski definition) is 2.